The Balaban J connectivity index is 1.69. The molecule has 1 heterocycles. The summed E-state index contributed by atoms with van der Waals surface area (Å²) in [6.45, 7) is 2.02. The van der Waals surface area contributed by atoms with Gasteiger partial charge in [0.1, 0.15) is 5.82 Å². The Bertz CT molecular complexity index is 881. The van der Waals surface area contributed by atoms with Crippen molar-refractivity contribution in [3.63, 3.8) is 0 Å². The van der Waals surface area contributed by atoms with Gasteiger partial charge in [-0.15, -0.1) is 10.2 Å². The second-order valence-electron chi connectivity index (χ2n) is 5.57. The molecule has 26 heavy (non-hydrogen) atoms. The molecule has 0 aliphatic heterocycles. The number of nitrogens with zero attached hydrogens (tertiary/aromatic N) is 4. The molecule has 3 aromatic rings. The van der Waals surface area contributed by atoms with Crippen LogP contribution in [0.4, 0.5) is 4.39 Å². The monoisotopic (exact) mass is 372 g/mol. The molecular formula is C17H17FN6OS. The lowest BCUT2D eigenvalue weighted by molar-refractivity contribution is -0.116. The van der Waals surface area contributed by atoms with Crippen molar-refractivity contribution in [3.8, 4) is 11.4 Å². The zero-order chi connectivity index (χ0) is 18.5. The van der Waals surface area contributed by atoms with Crippen LogP contribution in [-0.2, 0) is 4.79 Å². The van der Waals surface area contributed by atoms with Gasteiger partial charge in [0.25, 0.3) is 0 Å². The maximum Gasteiger partial charge on any atom is 0.232 e. The Hall–Kier alpha value is -2.78. The van der Waals surface area contributed by atoms with Crippen molar-refractivity contribution in [1.29, 1.82) is 0 Å². The number of carbonyl (C=O) groups is 1. The molecule has 0 radical (unpaired) electrons. The molecule has 1 aromatic heterocycles. The zero-order valence-electron chi connectivity index (χ0n) is 14.0. The average molecular weight is 372 g/mol. The molecule has 0 aliphatic carbocycles. The number of amides is 1. The van der Waals surface area contributed by atoms with E-state index in [1.165, 1.54) is 28.9 Å². The molecule has 0 bridgehead atoms. The van der Waals surface area contributed by atoms with Gasteiger partial charge >= 0.3 is 0 Å². The molecule has 134 valence electrons. The maximum atomic E-state index is 13.0. The summed E-state index contributed by atoms with van der Waals surface area (Å²) < 4.78 is 15.9. The second kappa shape index (κ2) is 8.07. The third kappa shape index (κ3) is 4.44. The van der Waals surface area contributed by atoms with Crippen LogP contribution in [0.5, 0.6) is 0 Å². The van der Waals surface area contributed by atoms with Crippen LogP contribution in [0.15, 0.2) is 53.4 Å². The van der Waals surface area contributed by atoms with E-state index in [2.05, 4.69) is 20.1 Å². The highest BCUT2D eigenvalue weighted by Crippen LogP contribution is 2.21. The van der Waals surface area contributed by atoms with Gasteiger partial charge in [-0.3, -0.25) is 9.52 Å². The van der Waals surface area contributed by atoms with E-state index < -0.39 is 5.91 Å². The number of rotatable bonds is 7. The van der Waals surface area contributed by atoms with Crippen molar-refractivity contribution < 1.29 is 9.18 Å². The van der Waals surface area contributed by atoms with Crippen LogP contribution in [0.25, 0.3) is 11.4 Å². The summed E-state index contributed by atoms with van der Waals surface area (Å²) in [5, 5.41) is 12.6. The van der Waals surface area contributed by atoms with Crippen molar-refractivity contribution in [1.82, 2.24) is 24.9 Å². The topological polar surface area (TPSA) is 98.7 Å². The lowest BCUT2D eigenvalue weighted by Gasteiger charge is -2.09. The normalized spacial score (nSPS) is 12.1. The number of hydrogen-bond donors (Lipinski definition) is 2. The quantitative estimate of drug-likeness (QED) is 0.617. The van der Waals surface area contributed by atoms with E-state index in [9.17, 15) is 9.18 Å². The fourth-order valence-corrected chi connectivity index (χ4v) is 2.90. The minimum Gasteiger partial charge on any atom is -0.369 e. The molecule has 1 atom stereocenters. The standard InChI is InChI=1S/C17H17FN6OS/c1-11(12-2-6-14(18)7-3-12)24-22-17(21-23-24)13-4-8-15(9-5-13)26-20-10-16(19)25/h2-9,11,20H,10H2,1H3,(H2,19,25). The van der Waals surface area contributed by atoms with E-state index in [1.807, 2.05) is 31.2 Å². The molecule has 3 rings (SSSR count). The number of aromatic nitrogens is 4. The molecule has 0 fully saturated rings. The summed E-state index contributed by atoms with van der Waals surface area (Å²) in [7, 11) is 0. The first-order valence-electron chi connectivity index (χ1n) is 7.86. The highest BCUT2D eigenvalue weighted by Gasteiger charge is 2.13. The second-order valence-corrected chi connectivity index (χ2v) is 6.54. The fourth-order valence-electron chi connectivity index (χ4n) is 2.24. The molecule has 0 spiro atoms. The summed E-state index contributed by atoms with van der Waals surface area (Å²) >= 11 is 1.32. The minimum atomic E-state index is -0.412. The predicted octanol–water partition coefficient (Wildman–Crippen LogP) is 2.17. The number of halogens is 1. The fraction of sp³-hybridized carbons (Fsp3) is 0.176. The van der Waals surface area contributed by atoms with Crippen molar-refractivity contribution in [3.05, 3.63) is 59.9 Å². The lowest BCUT2D eigenvalue weighted by Crippen LogP contribution is -2.23. The van der Waals surface area contributed by atoms with Crippen molar-refractivity contribution >= 4 is 17.9 Å². The number of carbonyl (C=O) groups excluding carboxylic acids is 1. The Kier molecular flexibility index (Phi) is 5.59. The van der Waals surface area contributed by atoms with Gasteiger partial charge in [0.2, 0.25) is 11.7 Å². The number of nitrogens with one attached hydrogen (secondary N) is 1. The number of benzene rings is 2. The van der Waals surface area contributed by atoms with Gasteiger partial charge in [0, 0.05) is 10.5 Å². The molecule has 1 unspecified atom stereocenters. The Morgan fingerprint density at radius 3 is 2.58 bits per heavy atom. The molecule has 0 aliphatic rings. The van der Waals surface area contributed by atoms with Gasteiger partial charge in [0.05, 0.1) is 12.6 Å². The molecule has 0 saturated heterocycles. The van der Waals surface area contributed by atoms with Crippen LogP contribution in [0.3, 0.4) is 0 Å². The van der Waals surface area contributed by atoms with Crippen LogP contribution in [0.1, 0.15) is 18.5 Å². The highest BCUT2D eigenvalue weighted by atomic mass is 32.2. The average Bonchev–Trinajstić information content (AvgIpc) is 3.12. The van der Waals surface area contributed by atoms with E-state index in [0.717, 1.165) is 16.0 Å². The summed E-state index contributed by atoms with van der Waals surface area (Å²) in [5.41, 5.74) is 6.79. The molecule has 0 saturated carbocycles. The predicted molar refractivity (Wildman–Crippen MR) is 96.5 cm³/mol. The Morgan fingerprint density at radius 2 is 1.92 bits per heavy atom. The highest BCUT2D eigenvalue weighted by molar-refractivity contribution is 7.97. The lowest BCUT2D eigenvalue weighted by atomic mass is 10.1. The summed E-state index contributed by atoms with van der Waals surface area (Å²) in [6.07, 6.45) is 0. The Morgan fingerprint density at radius 1 is 1.23 bits per heavy atom. The van der Waals surface area contributed by atoms with E-state index in [1.54, 1.807) is 12.1 Å². The molecular weight excluding hydrogens is 355 g/mol. The minimum absolute atomic E-state index is 0.101. The van der Waals surface area contributed by atoms with Crippen LogP contribution < -0.4 is 10.5 Å². The van der Waals surface area contributed by atoms with Crippen LogP contribution in [0.2, 0.25) is 0 Å². The number of hydrogen-bond acceptors (Lipinski definition) is 6. The van der Waals surface area contributed by atoms with E-state index in [0.29, 0.717) is 5.82 Å². The third-order valence-electron chi connectivity index (χ3n) is 3.68. The van der Waals surface area contributed by atoms with Gasteiger partial charge in [-0.05, 0) is 66.0 Å². The van der Waals surface area contributed by atoms with E-state index >= 15 is 0 Å². The van der Waals surface area contributed by atoms with E-state index in [4.69, 9.17) is 5.73 Å². The first-order valence-corrected chi connectivity index (χ1v) is 8.68. The molecule has 1 amide bonds. The number of nitrogens with two attached hydrogens (primary N) is 1. The van der Waals surface area contributed by atoms with Crippen molar-refractivity contribution in [2.45, 2.75) is 17.9 Å². The number of primary amides is 1. The Labute approximate surface area is 153 Å². The van der Waals surface area contributed by atoms with E-state index in [-0.39, 0.29) is 18.4 Å². The van der Waals surface area contributed by atoms with Crippen LogP contribution in [-0.4, -0.2) is 32.7 Å². The summed E-state index contributed by atoms with van der Waals surface area (Å²) in [5.74, 6) is -0.192. The van der Waals surface area contributed by atoms with Gasteiger partial charge < -0.3 is 5.73 Å². The smallest absolute Gasteiger partial charge is 0.232 e. The SMILES string of the molecule is CC(c1ccc(F)cc1)n1nnc(-c2ccc(SNCC(N)=O)cc2)n1. The number of tetrazole rings is 1. The molecule has 7 nitrogen and oxygen atoms in total. The van der Waals surface area contributed by atoms with Crippen LogP contribution in [0, 0.1) is 5.82 Å². The summed E-state index contributed by atoms with van der Waals surface area (Å²) in [4.78, 5) is 13.1. The summed E-state index contributed by atoms with van der Waals surface area (Å²) in [6, 6.07) is 13.6. The van der Waals surface area contributed by atoms with Gasteiger partial charge in [-0.1, -0.05) is 12.1 Å². The van der Waals surface area contributed by atoms with Crippen molar-refractivity contribution in [2.75, 3.05) is 6.54 Å². The largest absolute Gasteiger partial charge is 0.369 e. The maximum absolute atomic E-state index is 13.0. The molecule has 2 aromatic carbocycles. The van der Waals surface area contributed by atoms with Gasteiger partial charge in [0.15, 0.2) is 0 Å². The first-order chi connectivity index (χ1) is 12.5. The third-order valence-corrected chi connectivity index (χ3v) is 4.47. The first kappa shape index (κ1) is 18.0. The van der Waals surface area contributed by atoms with Gasteiger partial charge in [-0.25, -0.2) is 4.39 Å². The molecule has 3 N–H and O–H groups in total. The zero-order valence-corrected chi connectivity index (χ0v) is 14.8. The molecule has 9 heteroatoms. The van der Waals surface area contributed by atoms with Crippen LogP contribution >= 0.6 is 11.9 Å². The van der Waals surface area contributed by atoms with Crippen molar-refractivity contribution in [2.24, 2.45) is 5.73 Å². The van der Waals surface area contributed by atoms with Gasteiger partial charge in [-0.2, -0.15) is 4.80 Å².